The number of ketones is 1. The van der Waals surface area contributed by atoms with Crippen LogP contribution in [-0.2, 0) is 0 Å². The van der Waals surface area contributed by atoms with Gasteiger partial charge in [0.15, 0.2) is 5.78 Å². The zero-order valence-electron chi connectivity index (χ0n) is 5.52. The quantitative estimate of drug-likeness (QED) is 0.581. The number of rotatable bonds is 2. The summed E-state index contributed by atoms with van der Waals surface area (Å²) in [6.45, 7) is 1.81. The Balaban J connectivity index is 2.85. The van der Waals surface area contributed by atoms with Crippen LogP contribution in [0.3, 0.4) is 0 Å². The largest absolute Gasteiger partial charge is 0.340 e. The third-order valence-corrected chi connectivity index (χ3v) is 1.63. The minimum absolute atomic E-state index is 0.0283. The molecule has 0 saturated carbocycles. The number of Topliss-reactive ketones (excluding diaryl/α,β-unsaturated/α-hetero) is 1. The number of halogens is 1. The van der Waals surface area contributed by atoms with Crippen molar-refractivity contribution >= 4 is 21.7 Å². The van der Waals surface area contributed by atoms with Crippen LogP contribution in [0.15, 0.2) is 6.20 Å². The molecule has 0 aliphatic heterocycles. The maximum atomic E-state index is 10.9. The number of hydrogen-bond donors (Lipinski definition) is 1. The van der Waals surface area contributed by atoms with Crippen molar-refractivity contribution in [1.29, 1.82) is 0 Å². The first-order chi connectivity index (χ1) is 4.74. The van der Waals surface area contributed by atoms with Crippen LogP contribution in [0.5, 0.6) is 0 Å². The number of aryl methyl sites for hydroxylation is 1. The van der Waals surface area contributed by atoms with Gasteiger partial charge in [-0.05, 0) is 6.92 Å². The molecule has 0 atom stereocenters. The summed E-state index contributed by atoms with van der Waals surface area (Å²) < 4.78 is 0. The van der Waals surface area contributed by atoms with E-state index in [0.29, 0.717) is 11.0 Å². The zero-order chi connectivity index (χ0) is 7.56. The van der Waals surface area contributed by atoms with Gasteiger partial charge in [0, 0.05) is 0 Å². The van der Waals surface area contributed by atoms with Gasteiger partial charge in [0.1, 0.15) is 11.5 Å². The molecule has 1 aromatic rings. The predicted octanol–water partition coefficient (Wildman–Crippen LogP) is 1.30. The number of nitrogens with zero attached hydrogens (tertiary/aromatic N) is 1. The van der Waals surface area contributed by atoms with Crippen LogP contribution in [0.4, 0.5) is 0 Å². The molecular weight excluding hydrogens is 196 g/mol. The van der Waals surface area contributed by atoms with Crippen LogP contribution in [0.2, 0.25) is 0 Å². The van der Waals surface area contributed by atoms with E-state index >= 15 is 0 Å². The number of aromatic nitrogens is 2. The first-order valence-corrected chi connectivity index (χ1v) is 3.97. The molecule has 1 rings (SSSR count). The molecular formula is C6H7BrN2O. The van der Waals surface area contributed by atoms with Crippen LogP contribution in [0.25, 0.3) is 0 Å². The van der Waals surface area contributed by atoms with E-state index in [1.54, 1.807) is 6.20 Å². The molecule has 3 nitrogen and oxygen atoms in total. The fourth-order valence-corrected chi connectivity index (χ4v) is 0.937. The summed E-state index contributed by atoms with van der Waals surface area (Å²) >= 11 is 3.06. The fraction of sp³-hybridized carbons (Fsp3) is 0.333. The third kappa shape index (κ3) is 1.44. The van der Waals surface area contributed by atoms with Crippen molar-refractivity contribution in [2.75, 3.05) is 5.33 Å². The molecule has 1 aromatic heterocycles. The third-order valence-electron chi connectivity index (χ3n) is 1.12. The fourth-order valence-electron chi connectivity index (χ4n) is 0.635. The summed E-state index contributed by atoms with van der Waals surface area (Å²) in [7, 11) is 0. The Labute approximate surface area is 67.0 Å². The average Bonchev–Trinajstić information content (AvgIpc) is 2.34. The maximum absolute atomic E-state index is 10.9. The van der Waals surface area contributed by atoms with E-state index in [4.69, 9.17) is 0 Å². The van der Waals surface area contributed by atoms with Gasteiger partial charge in [-0.15, -0.1) is 0 Å². The van der Waals surface area contributed by atoms with E-state index in [9.17, 15) is 4.79 Å². The average molecular weight is 203 g/mol. The van der Waals surface area contributed by atoms with E-state index in [0.717, 1.165) is 5.82 Å². The van der Waals surface area contributed by atoms with E-state index in [1.807, 2.05) is 6.92 Å². The van der Waals surface area contributed by atoms with Crippen molar-refractivity contribution in [3.8, 4) is 0 Å². The van der Waals surface area contributed by atoms with E-state index in [1.165, 1.54) is 0 Å². The minimum atomic E-state index is 0.0283. The molecule has 0 radical (unpaired) electrons. The first kappa shape index (κ1) is 7.47. The van der Waals surface area contributed by atoms with Crippen molar-refractivity contribution in [1.82, 2.24) is 9.97 Å². The number of carbonyl (C=O) groups is 1. The lowest BCUT2D eigenvalue weighted by Gasteiger charge is -1.86. The highest BCUT2D eigenvalue weighted by atomic mass is 79.9. The lowest BCUT2D eigenvalue weighted by molar-refractivity contribution is 0.101. The van der Waals surface area contributed by atoms with Gasteiger partial charge in [0.2, 0.25) is 0 Å². The zero-order valence-corrected chi connectivity index (χ0v) is 7.10. The van der Waals surface area contributed by atoms with Gasteiger partial charge in [0.05, 0.1) is 11.5 Å². The standard InChI is InChI=1S/C6H7BrN2O/c1-4-8-3-5(9-4)6(10)2-7/h3H,2H2,1H3,(H,8,9). The summed E-state index contributed by atoms with van der Waals surface area (Å²) in [6, 6.07) is 0. The van der Waals surface area contributed by atoms with Gasteiger partial charge in [-0.3, -0.25) is 4.79 Å². The Morgan fingerprint density at radius 1 is 1.90 bits per heavy atom. The van der Waals surface area contributed by atoms with Crippen LogP contribution >= 0.6 is 15.9 Å². The van der Waals surface area contributed by atoms with Crippen LogP contribution < -0.4 is 0 Å². The molecule has 0 aliphatic carbocycles. The van der Waals surface area contributed by atoms with Crippen LogP contribution in [0.1, 0.15) is 16.3 Å². The summed E-state index contributed by atoms with van der Waals surface area (Å²) in [6.07, 6.45) is 1.54. The second kappa shape index (κ2) is 2.96. The van der Waals surface area contributed by atoms with E-state index in [2.05, 4.69) is 25.9 Å². The van der Waals surface area contributed by atoms with Crippen LogP contribution in [0, 0.1) is 6.92 Å². The molecule has 1 heterocycles. The Bertz CT molecular complexity index is 244. The van der Waals surface area contributed by atoms with Gasteiger partial charge in [-0.1, -0.05) is 15.9 Å². The van der Waals surface area contributed by atoms with Gasteiger partial charge < -0.3 is 4.98 Å². The lowest BCUT2D eigenvalue weighted by Crippen LogP contribution is -1.99. The van der Waals surface area contributed by atoms with Crippen molar-refractivity contribution in [2.24, 2.45) is 0 Å². The first-order valence-electron chi connectivity index (χ1n) is 2.85. The summed E-state index contributed by atoms with van der Waals surface area (Å²) in [5.41, 5.74) is 0.564. The van der Waals surface area contributed by atoms with Gasteiger partial charge in [-0.2, -0.15) is 0 Å². The minimum Gasteiger partial charge on any atom is -0.340 e. The molecule has 4 heteroatoms. The van der Waals surface area contributed by atoms with Crippen LogP contribution in [-0.4, -0.2) is 21.1 Å². The second-order valence-corrected chi connectivity index (χ2v) is 2.50. The summed E-state index contributed by atoms with van der Waals surface area (Å²) in [5.74, 6) is 0.796. The molecule has 0 unspecified atom stereocenters. The molecule has 1 N–H and O–H groups in total. The van der Waals surface area contributed by atoms with Crippen molar-refractivity contribution < 1.29 is 4.79 Å². The molecule has 10 heavy (non-hydrogen) atoms. The van der Waals surface area contributed by atoms with Crippen molar-refractivity contribution in [2.45, 2.75) is 6.92 Å². The molecule has 0 aliphatic rings. The smallest absolute Gasteiger partial charge is 0.191 e. The second-order valence-electron chi connectivity index (χ2n) is 1.94. The van der Waals surface area contributed by atoms with Gasteiger partial charge in [0.25, 0.3) is 0 Å². The summed E-state index contributed by atoms with van der Waals surface area (Å²) in [4.78, 5) is 17.6. The van der Waals surface area contributed by atoms with E-state index < -0.39 is 0 Å². The SMILES string of the molecule is Cc1ncc(C(=O)CBr)[nH]1. The highest BCUT2D eigenvalue weighted by Gasteiger charge is 2.04. The Hall–Kier alpha value is -0.640. The van der Waals surface area contributed by atoms with Crippen molar-refractivity contribution in [3.63, 3.8) is 0 Å². The molecule has 0 saturated heterocycles. The van der Waals surface area contributed by atoms with Crippen molar-refractivity contribution in [3.05, 3.63) is 17.7 Å². The monoisotopic (exact) mass is 202 g/mol. The number of alkyl halides is 1. The van der Waals surface area contributed by atoms with E-state index in [-0.39, 0.29) is 5.78 Å². The molecule has 0 bridgehead atoms. The van der Waals surface area contributed by atoms with Gasteiger partial charge in [-0.25, -0.2) is 4.98 Å². The van der Waals surface area contributed by atoms with Gasteiger partial charge >= 0.3 is 0 Å². The molecule has 0 spiro atoms. The number of hydrogen-bond acceptors (Lipinski definition) is 2. The maximum Gasteiger partial charge on any atom is 0.191 e. The number of aromatic amines is 1. The molecule has 0 fully saturated rings. The molecule has 0 amide bonds. The Morgan fingerprint density at radius 2 is 2.60 bits per heavy atom. The Kier molecular flexibility index (Phi) is 2.21. The normalized spacial score (nSPS) is 9.80. The predicted molar refractivity (Wildman–Crippen MR) is 41.4 cm³/mol. The Morgan fingerprint density at radius 3 is 3.00 bits per heavy atom. The number of carbonyl (C=O) groups excluding carboxylic acids is 1. The number of nitrogens with one attached hydrogen (secondary N) is 1. The highest BCUT2D eigenvalue weighted by molar-refractivity contribution is 9.09. The highest BCUT2D eigenvalue weighted by Crippen LogP contribution is 1.98. The molecule has 0 aromatic carbocycles. The summed E-state index contributed by atoms with van der Waals surface area (Å²) in [5, 5.41) is 0.342. The topological polar surface area (TPSA) is 45.8 Å². The number of imidazole rings is 1. The lowest BCUT2D eigenvalue weighted by atomic mass is 10.3. The molecule has 54 valence electrons. The number of H-pyrrole nitrogens is 1.